The molecule has 0 saturated heterocycles. The lowest BCUT2D eigenvalue weighted by atomic mass is 10.1. The fraction of sp³-hybridized carbons (Fsp3) is 0.273. The molecule has 0 heterocycles. The summed E-state index contributed by atoms with van der Waals surface area (Å²) in [4.78, 5) is 24.5. The maximum absolute atomic E-state index is 11.7. The molecule has 4 nitrogen and oxygen atoms in total. The van der Waals surface area contributed by atoms with Crippen LogP contribution >= 0.6 is 23.2 Å². The Balaban J connectivity index is 3.23. The first kappa shape index (κ1) is 13.8. The molecule has 0 aliphatic rings. The number of anilines is 1. The summed E-state index contributed by atoms with van der Waals surface area (Å²) in [5, 5.41) is 2.92. The molecule has 17 heavy (non-hydrogen) atoms. The molecule has 0 bridgehead atoms. The van der Waals surface area contributed by atoms with Gasteiger partial charge in [0, 0.05) is 19.1 Å². The van der Waals surface area contributed by atoms with E-state index in [1.807, 2.05) is 0 Å². The van der Waals surface area contributed by atoms with Gasteiger partial charge < -0.3 is 10.2 Å². The maximum atomic E-state index is 11.7. The maximum Gasteiger partial charge on any atom is 0.253 e. The lowest BCUT2D eigenvalue weighted by Gasteiger charge is -2.19. The second-order valence-electron chi connectivity index (χ2n) is 3.33. The zero-order valence-electron chi connectivity index (χ0n) is 9.46. The van der Waals surface area contributed by atoms with E-state index < -0.39 is 0 Å². The van der Waals surface area contributed by atoms with Gasteiger partial charge in [-0.05, 0) is 18.2 Å². The van der Waals surface area contributed by atoms with Crippen molar-refractivity contribution in [3.05, 3.63) is 28.8 Å². The van der Waals surface area contributed by atoms with Gasteiger partial charge in [0.15, 0.2) is 0 Å². The highest BCUT2D eigenvalue weighted by molar-refractivity contribution is 6.31. The Morgan fingerprint density at radius 1 is 1.41 bits per heavy atom. The number of rotatable bonds is 3. The van der Waals surface area contributed by atoms with E-state index in [0.717, 1.165) is 0 Å². The van der Waals surface area contributed by atoms with E-state index in [2.05, 4.69) is 5.32 Å². The zero-order chi connectivity index (χ0) is 13.0. The number of carbonyl (C=O) groups excluding carboxylic acids is 2. The predicted molar refractivity (Wildman–Crippen MR) is 69.0 cm³/mol. The fourth-order valence-electron chi connectivity index (χ4n) is 1.34. The van der Waals surface area contributed by atoms with E-state index in [-0.39, 0.29) is 17.7 Å². The summed E-state index contributed by atoms with van der Waals surface area (Å²) in [6.07, 6.45) is 0. The van der Waals surface area contributed by atoms with Crippen LogP contribution in [0.4, 0.5) is 5.69 Å². The lowest BCUT2D eigenvalue weighted by Crippen LogP contribution is -2.30. The molecule has 0 unspecified atom stereocenters. The van der Waals surface area contributed by atoms with E-state index >= 15 is 0 Å². The van der Waals surface area contributed by atoms with Crippen LogP contribution in [0, 0.1) is 0 Å². The molecular formula is C11H12Cl2N2O2. The molecule has 2 amide bonds. The van der Waals surface area contributed by atoms with Crippen LogP contribution in [0.3, 0.4) is 0 Å². The molecule has 1 aromatic carbocycles. The SMILES string of the molecule is CNC(=O)c1cc(Cl)ccc1N(C)C(=O)CCl. The van der Waals surface area contributed by atoms with Crippen LogP contribution in [0.25, 0.3) is 0 Å². The normalized spacial score (nSPS) is 9.88. The first-order chi connectivity index (χ1) is 8.01. The van der Waals surface area contributed by atoms with Crippen LogP contribution in [0.5, 0.6) is 0 Å². The predicted octanol–water partition coefficient (Wildman–Crippen LogP) is 1.90. The molecule has 0 aliphatic carbocycles. The molecule has 0 fully saturated rings. The summed E-state index contributed by atoms with van der Waals surface area (Å²) >= 11 is 11.3. The van der Waals surface area contributed by atoms with E-state index in [1.54, 1.807) is 19.2 Å². The van der Waals surface area contributed by atoms with Crippen LogP contribution < -0.4 is 10.2 Å². The average molecular weight is 275 g/mol. The van der Waals surface area contributed by atoms with Gasteiger partial charge in [0.25, 0.3) is 5.91 Å². The van der Waals surface area contributed by atoms with Gasteiger partial charge in [0.2, 0.25) is 5.91 Å². The average Bonchev–Trinajstić information content (AvgIpc) is 2.35. The van der Waals surface area contributed by atoms with Crippen molar-refractivity contribution in [3.8, 4) is 0 Å². The fourth-order valence-corrected chi connectivity index (χ4v) is 1.69. The van der Waals surface area contributed by atoms with Gasteiger partial charge in [-0.25, -0.2) is 0 Å². The summed E-state index contributed by atoms with van der Waals surface area (Å²) in [6, 6.07) is 4.73. The minimum absolute atomic E-state index is 0.147. The molecule has 1 aromatic rings. The molecule has 0 aromatic heterocycles. The smallest absolute Gasteiger partial charge is 0.253 e. The standard InChI is InChI=1S/C11H12Cl2N2O2/c1-14-11(17)8-5-7(13)3-4-9(8)15(2)10(16)6-12/h3-5H,6H2,1-2H3,(H,14,17). The largest absolute Gasteiger partial charge is 0.355 e. The van der Waals surface area contributed by atoms with Gasteiger partial charge in [-0.2, -0.15) is 0 Å². The molecular weight excluding hydrogens is 263 g/mol. The Morgan fingerprint density at radius 3 is 2.59 bits per heavy atom. The third-order valence-electron chi connectivity index (χ3n) is 2.28. The minimum Gasteiger partial charge on any atom is -0.355 e. The highest BCUT2D eigenvalue weighted by Gasteiger charge is 2.17. The van der Waals surface area contributed by atoms with E-state index in [4.69, 9.17) is 23.2 Å². The molecule has 0 radical (unpaired) electrons. The summed E-state index contributed by atoms with van der Waals surface area (Å²) in [5.41, 5.74) is 0.806. The van der Waals surface area contributed by atoms with Crippen molar-refractivity contribution in [2.24, 2.45) is 0 Å². The summed E-state index contributed by atoms with van der Waals surface area (Å²) in [7, 11) is 3.07. The van der Waals surface area contributed by atoms with Crippen molar-refractivity contribution in [1.82, 2.24) is 5.32 Å². The van der Waals surface area contributed by atoms with Crippen molar-refractivity contribution in [2.75, 3.05) is 24.9 Å². The topological polar surface area (TPSA) is 49.4 Å². The summed E-state index contributed by atoms with van der Waals surface area (Å²) < 4.78 is 0. The molecule has 1 rings (SSSR count). The molecule has 0 spiro atoms. The van der Waals surface area contributed by atoms with Gasteiger partial charge in [0.1, 0.15) is 5.88 Å². The van der Waals surface area contributed by atoms with Gasteiger partial charge in [0.05, 0.1) is 11.3 Å². The second kappa shape index (κ2) is 5.89. The number of halogens is 2. The van der Waals surface area contributed by atoms with E-state index in [9.17, 15) is 9.59 Å². The monoisotopic (exact) mass is 274 g/mol. The Labute approximate surface area is 109 Å². The Kier molecular flexibility index (Phi) is 4.78. The number of amides is 2. The third kappa shape index (κ3) is 3.11. The highest BCUT2D eigenvalue weighted by Crippen LogP contribution is 2.23. The van der Waals surface area contributed by atoms with Crippen LogP contribution in [0.15, 0.2) is 18.2 Å². The number of nitrogens with one attached hydrogen (secondary N) is 1. The van der Waals surface area contributed by atoms with Crippen LogP contribution in [-0.2, 0) is 4.79 Å². The third-order valence-corrected chi connectivity index (χ3v) is 2.74. The van der Waals surface area contributed by atoms with Crippen molar-refractivity contribution >= 4 is 40.7 Å². The zero-order valence-corrected chi connectivity index (χ0v) is 11.0. The highest BCUT2D eigenvalue weighted by atomic mass is 35.5. The number of hydrogen-bond donors (Lipinski definition) is 1. The van der Waals surface area contributed by atoms with Gasteiger partial charge in [-0.15, -0.1) is 11.6 Å². The van der Waals surface area contributed by atoms with Crippen molar-refractivity contribution in [2.45, 2.75) is 0 Å². The first-order valence-corrected chi connectivity index (χ1v) is 5.76. The molecule has 92 valence electrons. The van der Waals surface area contributed by atoms with E-state index in [1.165, 1.54) is 18.0 Å². The Hall–Kier alpha value is -1.26. The van der Waals surface area contributed by atoms with Crippen molar-refractivity contribution in [1.29, 1.82) is 0 Å². The first-order valence-electron chi connectivity index (χ1n) is 4.85. The van der Waals surface area contributed by atoms with Gasteiger partial charge in [-0.3, -0.25) is 9.59 Å². The van der Waals surface area contributed by atoms with Crippen LogP contribution in [-0.4, -0.2) is 31.8 Å². The van der Waals surface area contributed by atoms with Gasteiger partial charge in [-0.1, -0.05) is 11.6 Å². The summed E-state index contributed by atoms with van der Waals surface area (Å²) in [6.45, 7) is 0. The van der Waals surface area contributed by atoms with Crippen molar-refractivity contribution in [3.63, 3.8) is 0 Å². The lowest BCUT2D eigenvalue weighted by molar-refractivity contribution is -0.116. The van der Waals surface area contributed by atoms with E-state index in [0.29, 0.717) is 16.3 Å². The van der Waals surface area contributed by atoms with Gasteiger partial charge >= 0.3 is 0 Å². The second-order valence-corrected chi connectivity index (χ2v) is 4.03. The number of carbonyl (C=O) groups is 2. The minimum atomic E-state index is -0.309. The number of nitrogens with zero attached hydrogens (tertiary/aromatic N) is 1. The quantitative estimate of drug-likeness (QED) is 0.856. The van der Waals surface area contributed by atoms with Crippen LogP contribution in [0.1, 0.15) is 10.4 Å². The molecule has 6 heteroatoms. The summed E-state index contributed by atoms with van der Waals surface area (Å²) in [5.74, 6) is -0.748. The van der Waals surface area contributed by atoms with Crippen molar-refractivity contribution < 1.29 is 9.59 Å². The van der Waals surface area contributed by atoms with Crippen LogP contribution in [0.2, 0.25) is 5.02 Å². The molecule has 0 atom stereocenters. The Bertz CT molecular complexity index is 449. The number of alkyl halides is 1. The Morgan fingerprint density at radius 2 is 2.06 bits per heavy atom. The molecule has 0 saturated carbocycles. The molecule has 1 N–H and O–H groups in total. The number of hydrogen-bond acceptors (Lipinski definition) is 2. The molecule has 0 aliphatic heterocycles. The number of benzene rings is 1.